The molecule has 2 aromatic heterocycles. The van der Waals surface area contributed by atoms with Gasteiger partial charge in [-0.15, -0.1) is 22.7 Å². The Balaban J connectivity index is 2.49. The van der Waals surface area contributed by atoms with Crippen LogP contribution in [0.15, 0.2) is 17.5 Å². The van der Waals surface area contributed by atoms with Crippen molar-refractivity contribution in [2.24, 2.45) is 0 Å². The van der Waals surface area contributed by atoms with Crippen molar-refractivity contribution in [3.8, 4) is 9.75 Å². The van der Waals surface area contributed by atoms with Crippen LogP contribution in [0.2, 0.25) is 0 Å². The van der Waals surface area contributed by atoms with Gasteiger partial charge in [-0.25, -0.2) is 4.79 Å². The van der Waals surface area contributed by atoms with Crippen LogP contribution in [-0.2, 0) is 11.2 Å². The van der Waals surface area contributed by atoms with E-state index in [0.29, 0.717) is 17.2 Å². The summed E-state index contributed by atoms with van der Waals surface area (Å²) in [5.74, 6) is -0.322. The summed E-state index contributed by atoms with van der Waals surface area (Å²) < 4.78 is 5.03. The summed E-state index contributed by atoms with van der Waals surface area (Å²) >= 11 is 3.08. The maximum atomic E-state index is 11.8. The Morgan fingerprint density at radius 1 is 1.44 bits per heavy atom. The zero-order chi connectivity index (χ0) is 13.1. The lowest BCUT2D eigenvalue weighted by atomic mass is 10.1. The second kappa shape index (κ2) is 5.54. The first-order valence-corrected chi connectivity index (χ1v) is 7.50. The Kier molecular flexibility index (Phi) is 4.04. The highest BCUT2D eigenvalue weighted by Gasteiger charge is 2.21. The van der Waals surface area contributed by atoms with Gasteiger partial charge in [-0.3, -0.25) is 0 Å². The third-order valence-electron chi connectivity index (χ3n) is 2.61. The summed E-state index contributed by atoms with van der Waals surface area (Å²) in [7, 11) is 0. The molecule has 0 aliphatic carbocycles. The van der Waals surface area contributed by atoms with Gasteiger partial charge in [0.05, 0.1) is 17.2 Å². The topological polar surface area (TPSA) is 52.3 Å². The summed E-state index contributed by atoms with van der Waals surface area (Å²) in [5.41, 5.74) is 7.69. The summed E-state index contributed by atoms with van der Waals surface area (Å²) in [6.45, 7) is 4.21. The molecule has 0 radical (unpaired) electrons. The smallest absolute Gasteiger partial charge is 0.350 e. The van der Waals surface area contributed by atoms with Gasteiger partial charge in [0, 0.05) is 4.88 Å². The van der Waals surface area contributed by atoms with E-state index in [1.54, 1.807) is 18.3 Å². The van der Waals surface area contributed by atoms with Gasteiger partial charge in [0.25, 0.3) is 0 Å². The fourth-order valence-corrected chi connectivity index (χ4v) is 3.87. The lowest BCUT2D eigenvalue weighted by Gasteiger charge is -2.00. The van der Waals surface area contributed by atoms with E-state index in [2.05, 4.69) is 0 Å². The van der Waals surface area contributed by atoms with Crippen LogP contribution in [0.5, 0.6) is 0 Å². The second-order valence-corrected chi connectivity index (χ2v) is 5.67. The summed E-state index contributed by atoms with van der Waals surface area (Å²) in [6.07, 6.45) is 0.814. The Morgan fingerprint density at radius 3 is 2.78 bits per heavy atom. The highest BCUT2D eigenvalue weighted by molar-refractivity contribution is 7.22. The van der Waals surface area contributed by atoms with Crippen LogP contribution in [0.25, 0.3) is 9.75 Å². The third kappa shape index (κ3) is 2.28. The number of anilines is 1. The average Bonchev–Trinajstić information content (AvgIpc) is 2.96. The van der Waals surface area contributed by atoms with E-state index >= 15 is 0 Å². The molecule has 2 aromatic rings. The minimum absolute atomic E-state index is 0.322. The monoisotopic (exact) mass is 281 g/mol. The highest BCUT2D eigenvalue weighted by Crippen LogP contribution is 2.41. The fraction of sp³-hybridized carbons (Fsp3) is 0.308. The molecule has 0 saturated heterocycles. The molecule has 0 aromatic carbocycles. The number of hydrogen-bond donors (Lipinski definition) is 1. The van der Waals surface area contributed by atoms with Gasteiger partial charge < -0.3 is 10.5 Å². The molecule has 2 rings (SSSR count). The number of hydrogen-bond acceptors (Lipinski definition) is 5. The first-order valence-electron chi connectivity index (χ1n) is 5.81. The molecule has 18 heavy (non-hydrogen) atoms. The van der Waals surface area contributed by atoms with Crippen molar-refractivity contribution < 1.29 is 9.53 Å². The standard InChI is InChI=1S/C13H15NO2S2/c1-3-8-10(14)12(13(15)16-4-2)18-11(8)9-6-5-7-17-9/h5-7H,3-4,14H2,1-2H3. The number of carbonyl (C=O) groups is 1. The normalized spacial score (nSPS) is 10.6. The molecule has 0 aliphatic rings. The molecular weight excluding hydrogens is 266 g/mol. The first-order chi connectivity index (χ1) is 8.69. The average molecular weight is 281 g/mol. The Labute approximate surface area is 114 Å². The number of carbonyl (C=O) groups excluding carboxylic acids is 1. The van der Waals surface area contributed by atoms with E-state index < -0.39 is 0 Å². The van der Waals surface area contributed by atoms with Crippen LogP contribution in [-0.4, -0.2) is 12.6 Å². The molecule has 0 unspecified atom stereocenters. The van der Waals surface area contributed by atoms with Gasteiger partial charge in [0.15, 0.2) is 0 Å². The first kappa shape index (κ1) is 13.1. The number of rotatable bonds is 4. The van der Waals surface area contributed by atoms with Crippen LogP contribution >= 0.6 is 22.7 Å². The highest BCUT2D eigenvalue weighted by atomic mass is 32.1. The van der Waals surface area contributed by atoms with Gasteiger partial charge in [0.2, 0.25) is 0 Å². The van der Waals surface area contributed by atoms with Crippen molar-refractivity contribution >= 4 is 34.3 Å². The molecule has 0 saturated carbocycles. The molecule has 2 N–H and O–H groups in total. The van der Waals surface area contributed by atoms with Crippen molar-refractivity contribution in [1.82, 2.24) is 0 Å². The van der Waals surface area contributed by atoms with Gasteiger partial charge >= 0.3 is 5.97 Å². The Morgan fingerprint density at radius 2 is 2.22 bits per heavy atom. The fourth-order valence-electron chi connectivity index (χ4n) is 1.78. The minimum Gasteiger partial charge on any atom is -0.462 e. The third-order valence-corrected chi connectivity index (χ3v) is 4.89. The number of esters is 1. The summed E-state index contributed by atoms with van der Waals surface area (Å²) in [4.78, 5) is 14.6. The minimum atomic E-state index is -0.322. The van der Waals surface area contributed by atoms with Crippen molar-refractivity contribution in [2.45, 2.75) is 20.3 Å². The van der Waals surface area contributed by atoms with Crippen LogP contribution in [0.1, 0.15) is 29.1 Å². The molecule has 0 aliphatic heterocycles. The van der Waals surface area contributed by atoms with Gasteiger partial charge in [-0.1, -0.05) is 13.0 Å². The summed E-state index contributed by atoms with van der Waals surface area (Å²) in [5, 5.41) is 2.02. The molecule has 96 valence electrons. The van der Waals surface area contributed by atoms with E-state index in [4.69, 9.17) is 10.5 Å². The van der Waals surface area contributed by atoms with Crippen molar-refractivity contribution in [1.29, 1.82) is 0 Å². The zero-order valence-electron chi connectivity index (χ0n) is 10.4. The van der Waals surface area contributed by atoms with Crippen molar-refractivity contribution in [2.75, 3.05) is 12.3 Å². The van der Waals surface area contributed by atoms with E-state index in [9.17, 15) is 4.79 Å². The molecule has 0 spiro atoms. The lowest BCUT2D eigenvalue weighted by molar-refractivity contribution is 0.0533. The quantitative estimate of drug-likeness (QED) is 0.867. The van der Waals surface area contributed by atoms with E-state index in [1.165, 1.54) is 11.3 Å². The van der Waals surface area contributed by atoms with Crippen LogP contribution in [0, 0.1) is 0 Å². The summed E-state index contributed by atoms with van der Waals surface area (Å²) in [6, 6.07) is 4.05. The molecular formula is C13H15NO2S2. The molecule has 3 nitrogen and oxygen atoms in total. The van der Waals surface area contributed by atoms with Crippen LogP contribution < -0.4 is 5.73 Å². The molecule has 0 atom stereocenters. The zero-order valence-corrected chi connectivity index (χ0v) is 12.0. The SMILES string of the molecule is CCOC(=O)c1sc(-c2cccs2)c(CC)c1N. The Hall–Kier alpha value is -1.33. The van der Waals surface area contributed by atoms with Crippen LogP contribution in [0.3, 0.4) is 0 Å². The number of thiophene rings is 2. The number of nitrogen functional groups attached to an aromatic ring is 1. The van der Waals surface area contributed by atoms with E-state index in [-0.39, 0.29) is 5.97 Å². The van der Waals surface area contributed by atoms with Gasteiger partial charge in [0.1, 0.15) is 4.88 Å². The molecule has 0 fully saturated rings. The van der Waals surface area contributed by atoms with E-state index in [1.807, 2.05) is 24.4 Å². The van der Waals surface area contributed by atoms with Gasteiger partial charge in [-0.05, 0) is 30.4 Å². The lowest BCUT2D eigenvalue weighted by Crippen LogP contribution is -2.05. The van der Waals surface area contributed by atoms with Crippen molar-refractivity contribution in [3.05, 3.63) is 28.0 Å². The maximum Gasteiger partial charge on any atom is 0.350 e. The largest absolute Gasteiger partial charge is 0.462 e. The molecule has 0 amide bonds. The van der Waals surface area contributed by atoms with Crippen LogP contribution in [0.4, 0.5) is 5.69 Å². The molecule has 0 bridgehead atoms. The predicted octanol–water partition coefficient (Wildman–Crippen LogP) is 3.80. The predicted molar refractivity (Wildman–Crippen MR) is 77.4 cm³/mol. The molecule has 2 heterocycles. The van der Waals surface area contributed by atoms with Gasteiger partial charge in [-0.2, -0.15) is 0 Å². The maximum absolute atomic E-state index is 11.8. The number of nitrogens with two attached hydrogens (primary N) is 1. The second-order valence-electron chi connectivity index (χ2n) is 3.70. The molecule has 5 heteroatoms. The Bertz CT molecular complexity index is 544. The van der Waals surface area contributed by atoms with E-state index in [0.717, 1.165) is 21.7 Å². The number of ether oxygens (including phenoxy) is 1. The van der Waals surface area contributed by atoms with Crippen molar-refractivity contribution in [3.63, 3.8) is 0 Å².